The van der Waals surface area contributed by atoms with E-state index in [2.05, 4.69) is 15.2 Å². The molecular weight excluding hydrogens is 417 g/mol. The Balaban J connectivity index is 1.51. The third kappa shape index (κ3) is 5.03. The van der Waals surface area contributed by atoms with Crippen LogP contribution in [0.25, 0.3) is 0 Å². The number of aromatic nitrogens is 1. The number of ketones is 1. The van der Waals surface area contributed by atoms with Crippen LogP contribution in [-0.2, 0) is 6.42 Å². The van der Waals surface area contributed by atoms with E-state index >= 15 is 0 Å². The lowest BCUT2D eigenvalue weighted by Gasteiger charge is -2.23. The van der Waals surface area contributed by atoms with Gasteiger partial charge in [0.2, 0.25) is 0 Å². The number of aliphatic hydroxyl groups excluding tert-OH is 1. The molecule has 1 saturated heterocycles. The summed E-state index contributed by atoms with van der Waals surface area (Å²) in [5.74, 6) is 0.183. The molecule has 0 unspecified atom stereocenters. The number of carbonyl (C=O) groups is 1. The Morgan fingerprint density at radius 3 is 2.77 bits per heavy atom. The van der Waals surface area contributed by atoms with Gasteiger partial charge in [0.05, 0.1) is 6.20 Å². The summed E-state index contributed by atoms with van der Waals surface area (Å²) in [6.07, 6.45) is 2.56. The van der Waals surface area contributed by atoms with Gasteiger partial charge in [-0.05, 0) is 60.9 Å². The normalized spacial score (nSPS) is 15.8. The highest BCUT2D eigenvalue weighted by atomic mass is 35.5. The SMILES string of the molecule is O=C(c1cccc(Cl)c1)c1ccc(N2CC[C@H](Nc3ccc(F)cn3)C2)c(CCO)c1. The van der Waals surface area contributed by atoms with Crippen LogP contribution in [0.3, 0.4) is 0 Å². The number of hydrogen-bond donors (Lipinski definition) is 2. The van der Waals surface area contributed by atoms with Crippen molar-refractivity contribution in [3.63, 3.8) is 0 Å². The van der Waals surface area contributed by atoms with Gasteiger partial charge in [-0.1, -0.05) is 23.7 Å². The van der Waals surface area contributed by atoms with Gasteiger partial charge in [-0.15, -0.1) is 0 Å². The van der Waals surface area contributed by atoms with Crippen molar-refractivity contribution in [3.8, 4) is 0 Å². The highest BCUT2D eigenvalue weighted by Gasteiger charge is 2.25. The van der Waals surface area contributed by atoms with Crippen molar-refractivity contribution in [2.24, 2.45) is 0 Å². The molecule has 1 aromatic heterocycles. The van der Waals surface area contributed by atoms with E-state index in [1.807, 2.05) is 18.2 Å². The van der Waals surface area contributed by atoms with Gasteiger partial charge >= 0.3 is 0 Å². The average Bonchev–Trinajstić information content (AvgIpc) is 3.23. The van der Waals surface area contributed by atoms with Gasteiger partial charge in [-0.2, -0.15) is 0 Å². The predicted octanol–water partition coefficient (Wildman–Crippen LogP) is 4.33. The van der Waals surface area contributed by atoms with Crippen LogP contribution in [0.15, 0.2) is 60.8 Å². The third-order valence-corrected chi connectivity index (χ3v) is 5.65. The van der Waals surface area contributed by atoms with E-state index in [1.54, 1.807) is 30.3 Å². The minimum Gasteiger partial charge on any atom is -0.396 e. The van der Waals surface area contributed by atoms with E-state index in [0.29, 0.717) is 28.4 Å². The number of nitrogens with zero attached hydrogens (tertiary/aromatic N) is 2. The van der Waals surface area contributed by atoms with Gasteiger partial charge in [0.1, 0.15) is 11.6 Å². The smallest absolute Gasteiger partial charge is 0.193 e. The largest absolute Gasteiger partial charge is 0.396 e. The van der Waals surface area contributed by atoms with Crippen LogP contribution in [0.2, 0.25) is 5.02 Å². The minimum atomic E-state index is -0.361. The van der Waals surface area contributed by atoms with Crippen molar-refractivity contribution in [3.05, 3.63) is 88.3 Å². The van der Waals surface area contributed by atoms with Gasteiger partial charge in [0, 0.05) is 47.6 Å². The number of anilines is 2. The highest BCUT2D eigenvalue weighted by Crippen LogP contribution is 2.28. The molecule has 1 atom stereocenters. The molecule has 0 radical (unpaired) electrons. The Hall–Kier alpha value is -2.96. The van der Waals surface area contributed by atoms with E-state index in [9.17, 15) is 14.3 Å². The summed E-state index contributed by atoms with van der Waals surface area (Å²) in [6.45, 7) is 1.58. The molecular formula is C24H23ClFN3O2. The van der Waals surface area contributed by atoms with Gasteiger partial charge in [0.25, 0.3) is 0 Å². The van der Waals surface area contributed by atoms with Crippen molar-refractivity contribution in [2.75, 3.05) is 29.9 Å². The Morgan fingerprint density at radius 1 is 1.19 bits per heavy atom. The van der Waals surface area contributed by atoms with Crippen LogP contribution < -0.4 is 10.2 Å². The summed E-state index contributed by atoms with van der Waals surface area (Å²) in [7, 11) is 0. The predicted molar refractivity (Wildman–Crippen MR) is 121 cm³/mol. The van der Waals surface area contributed by atoms with Crippen molar-refractivity contribution in [1.82, 2.24) is 4.98 Å². The second-order valence-electron chi connectivity index (χ2n) is 7.59. The molecule has 0 spiro atoms. The second kappa shape index (κ2) is 9.45. The standard InChI is InChI=1S/C24H23ClFN3O2/c25-19-3-1-2-17(13-19)24(31)18-4-6-22(16(12-18)9-11-30)29-10-8-21(15-29)28-23-7-5-20(26)14-27-23/h1-7,12-14,21,30H,8-11,15H2,(H,27,28)/t21-/m0/s1. The van der Waals surface area contributed by atoms with Gasteiger partial charge in [0.15, 0.2) is 5.78 Å². The zero-order valence-electron chi connectivity index (χ0n) is 16.9. The van der Waals surface area contributed by atoms with Crippen molar-refractivity contribution in [2.45, 2.75) is 18.9 Å². The molecule has 0 amide bonds. The number of nitrogens with one attached hydrogen (secondary N) is 1. The van der Waals surface area contributed by atoms with Crippen LogP contribution >= 0.6 is 11.6 Å². The molecule has 1 aliphatic heterocycles. The Bertz CT molecular complexity index is 1070. The monoisotopic (exact) mass is 439 g/mol. The average molecular weight is 440 g/mol. The van der Waals surface area contributed by atoms with Gasteiger partial charge in [-0.3, -0.25) is 4.79 Å². The first-order valence-electron chi connectivity index (χ1n) is 10.2. The molecule has 0 aliphatic carbocycles. The molecule has 5 nitrogen and oxygen atoms in total. The number of pyridine rings is 1. The summed E-state index contributed by atoms with van der Waals surface area (Å²) >= 11 is 6.03. The quantitative estimate of drug-likeness (QED) is 0.536. The highest BCUT2D eigenvalue weighted by molar-refractivity contribution is 6.31. The van der Waals surface area contributed by atoms with Gasteiger partial charge < -0.3 is 15.3 Å². The number of hydrogen-bond acceptors (Lipinski definition) is 5. The lowest BCUT2D eigenvalue weighted by molar-refractivity contribution is 0.103. The Labute approximate surface area is 185 Å². The van der Waals surface area contributed by atoms with Crippen LogP contribution in [0.1, 0.15) is 27.9 Å². The third-order valence-electron chi connectivity index (χ3n) is 5.42. The van der Waals surface area contributed by atoms with Crippen LogP contribution in [0, 0.1) is 5.82 Å². The molecule has 0 saturated carbocycles. The minimum absolute atomic E-state index is 0.00315. The maximum Gasteiger partial charge on any atom is 0.193 e. The van der Waals surface area contributed by atoms with E-state index in [1.165, 1.54) is 12.3 Å². The topological polar surface area (TPSA) is 65.5 Å². The zero-order valence-corrected chi connectivity index (χ0v) is 17.6. The molecule has 2 aromatic carbocycles. The number of carbonyl (C=O) groups excluding carboxylic acids is 1. The zero-order chi connectivity index (χ0) is 21.8. The molecule has 7 heteroatoms. The van der Waals surface area contributed by atoms with E-state index in [0.717, 1.165) is 30.8 Å². The first-order chi connectivity index (χ1) is 15.0. The lowest BCUT2D eigenvalue weighted by atomic mass is 9.98. The summed E-state index contributed by atoms with van der Waals surface area (Å²) in [5, 5.41) is 13.4. The maximum atomic E-state index is 13.1. The second-order valence-corrected chi connectivity index (χ2v) is 8.03. The van der Waals surface area contributed by atoms with E-state index in [-0.39, 0.29) is 24.2 Å². The van der Waals surface area contributed by atoms with E-state index in [4.69, 9.17) is 11.6 Å². The molecule has 2 N–H and O–H groups in total. The first-order valence-corrected chi connectivity index (χ1v) is 10.6. The maximum absolute atomic E-state index is 13.1. The van der Waals surface area contributed by atoms with Crippen LogP contribution in [0.5, 0.6) is 0 Å². The number of benzene rings is 2. The number of halogens is 2. The fourth-order valence-electron chi connectivity index (χ4n) is 3.92. The molecule has 0 bridgehead atoms. The van der Waals surface area contributed by atoms with Gasteiger partial charge in [-0.25, -0.2) is 9.37 Å². The summed E-state index contributed by atoms with van der Waals surface area (Å²) in [6, 6.07) is 15.7. The van der Waals surface area contributed by atoms with Crippen molar-refractivity contribution in [1.29, 1.82) is 0 Å². The Kier molecular flexibility index (Phi) is 6.49. The fraction of sp³-hybridized carbons (Fsp3) is 0.250. The summed E-state index contributed by atoms with van der Waals surface area (Å²) in [5.41, 5.74) is 3.04. The molecule has 160 valence electrons. The van der Waals surface area contributed by atoms with Crippen molar-refractivity contribution < 1.29 is 14.3 Å². The van der Waals surface area contributed by atoms with Crippen molar-refractivity contribution >= 4 is 28.9 Å². The fourth-order valence-corrected chi connectivity index (χ4v) is 4.11. The first kappa shape index (κ1) is 21.3. The lowest BCUT2D eigenvalue weighted by Crippen LogP contribution is -2.27. The molecule has 1 aliphatic rings. The molecule has 3 aromatic rings. The Morgan fingerprint density at radius 2 is 2.03 bits per heavy atom. The molecule has 4 rings (SSSR count). The number of aliphatic hydroxyl groups is 1. The number of rotatable bonds is 7. The molecule has 2 heterocycles. The molecule has 31 heavy (non-hydrogen) atoms. The summed E-state index contributed by atoms with van der Waals surface area (Å²) < 4.78 is 13.1. The molecule has 1 fully saturated rings. The van der Waals surface area contributed by atoms with Crippen LogP contribution in [0.4, 0.5) is 15.9 Å². The van der Waals surface area contributed by atoms with E-state index < -0.39 is 0 Å². The van der Waals surface area contributed by atoms with Crippen LogP contribution in [-0.4, -0.2) is 41.6 Å². The summed E-state index contributed by atoms with van der Waals surface area (Å²) in [4.78, 5) is 19.2.